The molecule has 1 aromatic heterocycles. The molecule has 3 heteroatoms. The molecule has 88 valence electrons. The second-order valence-electron chi connectivity index (χ2n) is 4.67. The molecule has 0 aliphatic heterocycles. The van der Waals surface area contributed by atoms with E-state index in [0.717, 1.165) is 11.4 Å². The van der Waals surface area contributed by atoms with Crippen LogP contribution in [0.1, 0.15) is 44.3 Å². The Balaban J connectivity index is 2.08. The quantitative estimate of drug-likeness (QED) is 0.850. The first-order valence-corrected chi connectivity index (χ1v) is 6.05. The average Bonchev–Trinajstić information content (AvgIpc) is 2.81. The lowest BCUT2D eigenvalue weighted by molar-refractivity contribution is 0.199. The van der Waals surface area contributed by atoms with Crippen LogP contribution in [0.3, 0.4) is 0 Å². The first-order valence-electron chi connectivity index (χ1n) is 6.05. The van der Waals surface area contributed by atoms with Gasteiger partial charge in [-0.2, -0.15) is 0 Å². The fourth-order valence-electron chi connectivity index (χ4n) is 2.33. The van der Waals surface area contributed by atoms with Crippen molar-refractivity contribution in [2.24, 2.45) is 0 Å². The number of aromatic nitrogens is 1. The molecule has 3 nitrogen and oxygen atoms in total. The van der Waals surface area contributed by atoms with Crippen molar-refractivity contribution in [2.75, 3.05) is 11.9 Å². The van der Waals surface area contributed by atoms with Crippen LogP contribution in [0.25, 0.3) is 0 Å². The summed E-state index contributed by atoms with van der Waals surface area (Å²) in [5.41, 5.74) is 0.878. The third kappa shape index (κ3) is 2.35. The molecule has 1 heterocycles. The molecule has 0 amide bonds. The van der Waals surface area contributed by atoms with Gasteiger partial charge < -0.3 is 10.0 Å². The predicted octanol–water partition coefficient (Wildman–Crippen LogP) is 2.51. The highest BCUT2D eigenvalue weighted by molar-refractivity contribution is 5.40. The van der Waals surface area contributed by atoms with Crippen LogP contribution in [0.5, 0.6) is 0 Å². The van der Waals surface area contributed by atoms with Crippen LogP contribution in [-0.4, -0.2) is 23.2 Å². The van der Waals surface area contributed by atoms with E-state index in [-0.39, 0.29) is 0 Å². The Morgan fingerprint density at radius 3 is 2.56 bits per heavy atom. The summed E-state index contributed by atoms with van der Waals surface area (Å²) in [5, 5.41) is 9.41. The molecule has 0 spiro atoms. The predicted molar refractivity (Wildman–Crippen MR) is 65.5 cm³/mol. The van der Waals surface area contributed by atoms with Gasteiger partial charge in [0.25, 0.3) is 0 Å². The van der Waals surface area contributed by atoms with E-state index in [1.807, 2.05) is 12.1 Å². The summed E-state index contributed by atoms with van der Waals surface area (Å²) in [6.45, 7) is 1.76. The van der Waals surface area contributed by atoms with E-state index in [0.29, 0.717) is 6.04 Å². The van der Waals surface area contributed by atoms with E-state index in [4.69, 9.17) is 0 Å². The van der Waals surface area contributed by atoms with Gasteiger partial charge in [0.05, 0.1) is 6.10 Å². The van der Waals surface area contributed by atoms with Crippen LogP contribution in [0, 0.1) is 0 Å². The van der Waals surface area contributed by atoms with Gasteiger partial charge in [-0.25, -0.2) is 4.98 Å². The number of aliphatic hydroxyl groups is 1. The Kier molecular flexibility index (Phi) is 3.44. The van der Waals surface area contributed by atoms with Crippen LogP contribution >= 0.6 is 0 Å². The smallest absolute Gasteiger partial charge is 0.128 e. The number of aliphatic hydroxyl groups excluding tert-OH is 1. The minimum atomic E-state index is -0.432. The molecule has 1 N–H and O–H groups in total. The molecule has 0 saturated heterocycles. The summed E-state index contributed by atoms with van der Waals surface area (Å²) in [6.07, 6.45) is 6.55. The Morgan fingerprint density at radius 2 is 2.06 bits per heavy atom. The van der Waals surface area contributed by atoms with Gasteiger partial charge in [0, 0.05) is 19.3 Å². The van der Waals surface area contributed by atoms with E-state index in [1.165, 1.54) is 25.7 Å². The van der Waals surface area contributed by atoms with E-state index in [1.54, 1.807) is 13.1 Å². The Morgan fingerprint density at radius 1 is 1.38 bits per heavy atom. The van der Waals surface area contributed by atoms with Gasteiger partial charge in [-0.15, -0.1) is 0 Å². The number of nitrogens with zero attached hydrogens (tertiary/aromatic N) is 2. The van der Waals surface area contributed by atoms with Gasteiger partial charge in [0.2, 0.25) is 0 Å². The van der Waals surface area contributed by atoms with Crippen molar-refractivity contribution in [3.05, 3.63) is 23.9 Å². The molecule has 1 aliphatic carbocycles. The van der Waals surface area contributed by atoms with E-state index in [9.17, 15) is 5.11 Å². The number of anilines is 1. The lowest BCUT2D eigenvalue weighted by atomic mass is 10.2. The Bertz CT molecular complexity index is 328. The molecule has 1 aromatic rings. The molecule has 1 atom stereocenters. The molecule has 0 radical (unpaired) electrons. The third-order valence-corrected chi connectivity index (χ3v) is 3.49. The second kappa shape index (κ2) is 4.83. The number of rotatable bonds is 3. The summed E-state index contributed by atoms with van der Waals surface area (Å²) >= 11 is 0. The molecule has 0 bridgehead atoms. The largest absolute Gasteiger partial charge is 0.389 e. The third-order valence-electron chi connectivity index (χ3n) is 3.49. The summed E-state index contributed by atoms with van der Waals surface area (Å²) in [7, 11) is 2.11. The van der Waals surface area contributed by atoms with Gasteiger partial charge in [0.1, 0.15) is 5.82 Å². The van der Waals surface area contributed by atoms with Crippen molar-refractivity contribution < 1.29 is 5.11 Å². The van der Waals surface area contributed by atoms with Crippen molar-refractivity contribution in [3.8, 4) is 0 Å². The fourth-order valence-corrected chi connectivity index (χ4v) is 2.33. The van der Waals surface area contributed by atoms with E-state index >= 15 is 0 Å². The number of pyridine rings is 1. The second-order valence-corrected chi connectivity index (χ2v) is 4.67. The maximum Gasteiger partial charge on any atom is 0.128 e. The first kappa shape index (κ1) is 11.4. The zero-order chi connectivity index (χ0) is 11.5. The summed E-state index contributed by atoms with van der Waals surface area (Å²) < 4.78 is 0. The highest BCUT2D eigenvalue weighted by Crippen LogP contribution is 2.26. The monoisotopic (exact) mass is 220 g/mol. The van der Waals surface area contributed by atoms with Crippen molar-refractivity contribution >= 4 is 5.82 Å². The molecular formula is C13H20N2O. The number of hydrogen-bond acceptors (Lipinski definition) is 3. The summed E-state index contributed by atoms with van der Waals surface area (Å²) in [4.78, 5) is 6.67. The van der Waals surface area contributed by atoms with Crippen molar-refractivity contribution in [1.29, 1.82) is 0 Å². The van der Waals surface area contributed by atoms with Crippen molar-refractivity contribution in [3.63, 3.8) is 0 Å². The first-order chi connectivity index (χ1) is 7.68. The zero-order valence-electron chi connectivity index (χ0n) is 10.1. The van der Waals surface area contributed by atoms with E-state index < -0.39 is 6.10 Å². The standard InChI is InChI=1S/C13H20N2O/c1-10(16)11-7-8-13(14-9-11)15(2)12-5-3-4-6-12/h7-10,12,16H,3-6H2,1-2H3/t10-/m0/s1. The maximum atomic E-state index is 9.41. The molecule has 0 unspecified atom stereocenters. The van der Waals surface area contributed by atoms with Crippen molar-refractivity contribution in [2.45, 2.75) is 44.8 Å². The molecule has 1 aliphatic rings. The van der Waals surface area contributed by atoms with Crippen LogP contribution in [0.2, 0.25) is 0 Å². The molecule has 2 rings (SSSR count). The van der Waals surface area contributed by atoms with Gasteiger partial charge >= 0.3 is 0 Å². The Labute approximate surface area is 97.1 Å². The topological polar surface area (TPSA) is 36.4 Å². The van der Waals surface area contributed by atoms with Crippen molar-refractivity contribution in [1.82, 2.24) is 4.98 Å². The van der Waals surface area contributed by atoms with Crippen LogP contribution in [0.15, 0.2) is 18.3 Å². The minimum Gasteiger partial charge on any atom is -0.389 e. The summed E-state index contributed by atoms with van der Waals surface area (Å²) in [6, 6.07) is 4.60. The maximum absolute atomic E-state index is 9.41. The van der Waals surface area contributed by atoms with Gasteiger partial charge in [-0.3, -0.25) is 0 Å². The minimum absolute atomic E-state index is 0.432. The zero-order valence-corrected chi connectivity index (χ0v) is 10.1. The molecule has 1 fully saturated rings. The van der Waals surface area contributed by atoms with Crippen LogP contribution < -0.4 is 4.90 Å². The highest BCUT2D eigenvalue weighted by atomic mass is 16.3. The Hall–Kier alpha value is -1.09. The summed E-state index contributed by atoms with van der Waals surface area (Å²) in [5.74, 6) is 1.01. The highest BCUT2D eigenvalue weighted by Gasteiger charge is 2.20. The number of hydrogen-bond donors (Lipinski definition) is 1. The molecule has 1 saturated carbocycles. The lowest BCUT2D eigenvalue weighted by Gasteiger charge is -2.25. The molecule has 0 aromatic carbocycles. The normalized spacial score (nSPS) is 18.7. The van der Waals surface area contributed by atoms with Crippen LogP contribution in [-0.2, 0) is 0 Å². The van der Waals surface area contributed by atoms with Gasteiger partial charge in [-0.1, -0.05) is 18.9 Å². The van der Waals surface area contributed by atoms with E-state index in [2.05, 4.69) is 16.9 Å². The molecule has 16 heavy (non-hydrogen) atoms. The SMILES string of the molecule is C[C@H](O)c1ccc(N(C)C2CCCC2)nc1. The van der Waals surface area contributed by atoms with Crippen LogP contribution in [0.4, 0.5) is 5.82 Å². The average molecular weight is 220 g/mol. The van der Waals surface area contributed by atoms with Gasteiger partial charge in [0.15, 0.2) is 0 Å². The molecular weight excluding hydrogens is 200 g/mol. The van der Waals surface area contributed by atoms with Gasteiger partial charge in [-0.05, 0) is 31.4 Å². The lowest BCUT2D eigenvalue weighted by Crippen LogP contribution is -2.29. The fraction of sp³-hybridized carbons (Fsp3) is 0.615.